The summed E-state index contributed by atoms with van der Waals surface area (Å²) in [5, 5.41) is 23.7. The first-order valence-corrected chi connectivity index (χ1v) is 5.69. The van der Waals surface area contributed by atoms with Crippen LogP contribution in [0, 0.1) is 0 Å². The summed E-state index contributed by atoms with van der Waals surface area (Å²) in [5.41, 5.74) is 0. The molecular formula is C10H22CaCl2N2O6. The Labute approximate surface area is 165 Å². The molecule has 2 saturated heterocycles. The van der Waals surface area contributed by atoms with E-state index in [1.807, 2.05) is 10.6 Å². The Hall–Kier alpha value is 0.620. The molecule has 0 radical (unpaired) electrons. The van der Waals surface area contributed by atoms with E-state index in [1.165, 1.54) is 0 Å². The van der Waals surface area contributed by atoms with E-state index in [1.54, 1.807) is 0 Å². The van der Waals surface area contributed by atoms with Crippen molar-refractivity contribution < 1.29 is 66.2 Å². The maximum atomic E-state index is 10.1. The third kappa shape index (κ3) is 14.0. The van der Waals surface area contributed by atoms with Gasteiger partial charge in [-0.2, -0.15) is 0 Å². The van der Waals surface area contributed by atoms with Crippen LogP contribution in [0.2, 0.25) is 0 Å². The van der Waals surface area contributed by atoms with Crippen LogP contribution in [0.3, 0.4) is 0 Å². The van der Waals surface area contributed by atoms with E-state index in [2.05, 4.69) is 0 Å². The van der Waals surface area contributed by atoms with E-state index < -0.39 is 11.9 Å². The number of aliphatic carboxylic acids is 2. The quantitative estimate of drug-likeness (QED) is 0.454. The molecular weight excluding hydrogens is 355 g/mol. The molecule has 0 aromatic rings. The van der Waals surface area contributed by atoms with Crippen molar-refractivity contribution in [1.29, 1.82) is 0 Å². The predicted molar refractivity (Wildman–Crippen MR) is 62.6 cm³/mol. The molecule has 0 spiro atoms. The Kier molecular flexibility index (Phi) is 29.6. The van der Waals surface area contributed by atoms with E-state index in [-0.39, 0.29) is 85.6 Å². The number of carbonyl (C=O) groups excluding carboxylic acids is 2. The molecule has 21 heavy (non-hydrogen) atoms. The monoisotopic (exact) mass is 376 g/mol. The Morgan fingerprint density at radius 3 is 1.19 bits per heavy atom. The summed E-state index contributed by atoms with van der Waals surface area (Å²) in [6.07, 6.45) is 3.59. The number of halogens is 2. The molecule has 8 nitrogen and oxygen atoms in total. The minimum absolute atomic E-state index is 0. The first-order valence-electron chi connectivity index (χ1n) is 5.69. The van der Waals surface area contributed by atoms with Gasteiger partial charge in [0.2, 0.25) is 0 Å². The van der Waals surface area contributed by atoms with E-state index in [0.29, 0.717) is 0 Å². The van der Waals surface area contributed by atoms with Gasteiger partial charge in [0.15, 0.2) is 0 Å². The zero-order chi connectivity index (χ0) is 12.0. The smallest absolute Gasteiger partial charge is 1.00 e. The van der Waals surface area contributed by atoms with E-state index in [4.69, 9.17) is 0 Å². The molecule has 2 rings (SSSR count). The second-order valence-electron chi connectivity index (χ2n) is 4.18. The number of carboxylic acid groups (broad SMARTS) is 2. The van der Waals surface area contributed by atoms with Gasteiger partial charge in [0, 0.05) is 25.7 Å². The maximum absolute atomic E-state index is 10.1. The van der Waals surface area contributed by atoms with Gasteiger partial charge in [0.1, 0.15) is 12.1 Å². The average Bonchev–Trinajstić information content (AvgIpc) is 2.93. The Morgan fingerprint density at radius 2 is 1.10 bits per heavy atom. The van der Waals surface area contributed by atoms with Crippen LogP contribution in [0.5, 0.6) is 0 Å². The van der Waals surface area contributed by atoms with E-state index in [0.717, 1.165) is 38.8 Å². The first-order chi connectivity index (χ1) is 7.61. The van der Waals surface area contributed by atoms with Crippen LogP contribution < -0.4 is 45.7 Å². The number of rotatable bonds is 2. The van der Waals surface area contributed by atoms with Crippen molar-refractivity contribution in [2.24, 2.45) is 0 Å². The van der Waals surface area contributed by atoms with Gasteiger partial charge in [-0.05, 0) is 0 Å². The van der Waals surface area contributed by atoms with Gasteiger partial charge < -0.3 is 66.2 Å². The summed E-state index contributed by atoms with van der Waals surface area (Å²) < 4.78 is 0. The predicted octanol–water partition coefficient (Wildman–Crippen LogP) is -13.1. The summed E-state index contributed by atoms with van der Waals surface area (Å²) >= 11 is 0. The molecule has 2 fully saturated rings. The zero-order valence-electron chi connectivity index (χ0n) is 11.6. The molecule has 0 aromatic carbocycles. The molecule has 8 N–H and O–H groups in total. The first kappa shape index (κ1) is 33.3. The summed E-state index contributed by atoms with van der Waals surface area (Å²) in [5.74, 6) is -1.83. The molecule has 0 aromatic heterocycles. The Morgan fingerprint density at radius 1 is 0.810 bits per heavy atom. The van der Waals surface area contributed by atoms with Gasteiger partial charge in [-0.3, -0.25) is 0 Å². The maximum Gasteiger partial charge on any atom is 2.00 e. The van der Waals surface area contributed by atoms with Crippen molar-refractivity contribution >= 4 is 49.7 Å². The fourth-order valence-electron chi connectivity index (χ4n) is 1.98. The molecule has 0 unspecified atom stereocenters. The van der Waals surface area contributed by atoms with E-state index >= 15 is 0 Å². The standard InChI is InChI=1S/2C5H9NO2.Ca.2ClH.2H2O/c2*7-5(8)4-2-1-3-6-4;;;;;/h2*4,6H,1-3H2,(H,7,8);;2*1H;2*1H2/q;;+2;;;;/p-2/t2*4-;;;;;/m10...../s1. The van der Waals surface area contributed by atoms with Crippen LogP contribution in [-0.4, -0.2) is 85.8 Å². The minimum Gasteiger partial charge on any atom is -1.00 e. The van der Waals surface area contributed by atoms with Crippen molar-refractivity contribution in [3.63, 3.8) is 0 Å². The van der Waals surface area contributed by atoms with Crippen LogP contribution >= 0.6 is 0 Å². The number of carbonyl (C=O) groups is 2. The second-order valence-corrected chi connectivity index (χ2v) is 4.18. The third-order valence-corrected chi connectivity index (χ3v) is 2.95. The molecule has 0 bridgehead atoms. The molecule has 0 amide bonds. The van der Waals surface area contributed by atoms with Gasteiger partial charge in [-0.1, -0.05) is 0 Å². The van der Waals surface area contributed by atoms with Gasteiger partial charge in [0.25, 0.3) is 0 Å². The van der Waals surface area contributed by atoms with Crippen LogP contribution in [0.15, 0.2) is 0 Å². The summed E-state index contributed by atoms with van der Waals surface area (Å²) in [4.78, 5) is 20.1. The summed E-state index contributed by atoms with van der Waals surface area (Å²) in [6.45, 7) is 1.89. The molecule has 2 heterocycles. The average molecular weight is 377 g/mol. The number of quaternary nitrogens is 2. The van der Waals surface area contributed by atoms with Crippen molar-refractivity contribution in [2.45, 2.75) is 37.8 Å². The van der Waals surface area contributed by atoms with E-state index in [9.17, 15) is 19.8 Å². The summed E-state index contributed by atoms with van der Waals surface area (Å²) in [6, 6.07) is -0.509. The normalized spacial score (nSPS) is 21.5. The number of hydrogen-bond acceptors (Lipinski definition) is 4. The van der Waals surface area contributed by atoms with Crippen molar-refractivity contribution in [3.8, 4) is 0 Å². The van der Waals surface area contributed by atoms with Crippen molar-refractivity contribution in [3.05, 3.63) is 0 Å². The largest absolute Gasteiger partial charge is 2.00 e. The Balaban J connectivity index is -0.0000000656. The molecule has 2 aliphatic rings. The second kappa shape index (κ2) is 18.7. The zero-order valence-corrected chi connectivity index (χ0v) is 15.4. The van der Waals surface area contributed by atoms with Crippen LogP contribution in [0.4, 0.5) is 0 Å². The molecule has 0 aliphatic carbocycles. The van der Waals surface area contributed by atoms with Gasteiger partial charge in [0.05, 0.1) is 25.0 Å². The molecule has 11 heteroatoms. The fraction of sp³-hybridized carbons (Fsp3) is 0.800. The van der Waals surface area contributed by atoms with Gasteiger partial charge >= 0.3 is 37.7 Å². The van der Waals surface area contributed by atoms with Crippen LogP contribution in [-0.2, 0) is 9.59 Å². The SMILES string of the molecule is O.O.O=C([O-])[C@@H]1CCC[NH2+]1.O=C([O-])[C@H]1CCC[NH2+]1.[Ca+2].[Cl-].[Cl-]. The number of carboxylic acids is 2. The molecule has 2 aliphatic heterocycles. The molecule has 0 saturated carbocycles. The fourth-order valence-corrected chi connectivity index (χ4v) is 1.98. The minimum atomic E-state index is -0.914. The van der Waals surface area contributed by atoms with Crippen LogP contribution in [0.1, 0.15) is 25.7 Å². The van der Waals surface area contributed by atoms with Crippen LogP contribution in [0.25, 0.3) is 0 Å². The molecule has 2 atom stereocenters. The number of hydrogen-bond donors (Lipinski definition) is 2. The van der Waals surface area contributed by atoms with Crippen molar-refractivity contribution in [2.75, 3.05) is 13.1 Å². The molecule has 124 valence electrons. The van der Waals surface area contributed by atoms with Gasteiger partial charge in [-0.25, -0.2) is 0 Å². The number of nitrogens with two attached hydrogens (primary N) is 2. The summed E-state index contributed by atoms with van der Waals surface area (Å²) in [7, 11) is 0. The topological polar surface area (TPSA) is 176 Å². The van der Waals surface area contributed by atoms with Gasteiger partial charge in [-0.15, -0.1) is 0 Å². The van der Waals surface area contributed by atoms with Crippen molar-refractivity contribution in [1.82, 2.24) is 0 Å². The Bertz CT molecular complexity index is 238. The third-order valence-electron chi connectivity index (χ3n) is 2.95.